The zero-order chi connectivity index (χ0) is 10.6. The second-order valence-electron chi connectivity index (χ2n) is 3.09. The maximum absolute atomic E-state index is 8.57. The molecule has 0 spiro atoms. The highest BCUT2D eigenvalue weighted by molar-refractivity contribution is 6.33. The first-order valence-electron chi connectivity index (χ1n) is 4.37. The van der Waals surface area contributed by atoms with Crippen molar-refractivity contribution in [2.75, 3.05) is 0 Å². The van der Waals surface area contributed by atoms with E-state index in [1.807, 2.05) is 13.8 Å². The molecule has 76 valence electrons. The van der Waals surface area contributed by atoms with Gasteiger partial charge in [0.05, 0.1) is 6.10 Å². The fraction of sp³-hybridized carbons (Fsp3) is 0.333. The fourth-order valence-corrected chi connectivity index (χ4v) is 1.01. The second kappa shape index (κ2) is 4.88. The standard InChI is InChI=1S/C9H13BO4/c1-7(2)13-8-4-3-5-9(6-8)14-10(11)12/h3-7,11-12H,1-2H3. The van der Waals surface area contributed by atoms with Crippen molar-refractivity contribution in [2.45, 2.75) is 20.0 Å². The summed E-state index contributed by atoms with van der Waals surface area (Å²) >= 11 is 0. The summed E-state index contributed by atoms with van der Waals surface area (Å²) < 4.78 is 10.1. The van der Waals surface area contributed by atoms with Crippen LogP contribution in [0.1, 0.15) is 13.8 Å². The smallest absolute Gasteiger partial charge is 0.512 e. The Labute approximate surface area is 83.3 Å². The van der Waals surface area contributed by atoms with Gasteiger partial charge in [-0.15, -0.1) is 0 Å². The van der Waals surface area contributed by atoms with Crippen LogP contribution in [0.2, 0.25) is 0 Å². The summed E-state index contributed by atoms with van der Waals surface area (Å²) in [7, 11) is -1.80. The van der Waals surface area contributed by atoms with Crippen molar-refractivity contribution in [3.8, 4) is 11.5 Å². The SMILES string of the molecule is CC(C)Oc1cccc(OB(O)O)c1. The van der Waals surface area contributed by atoms with Gasteiger partial charge in [-0.3, -0.25) is 0 Å². The summed E-state index contributed by atoms with van der Waals surface area (Å²) in [5.74, 6) is 0.997. The molecule has 0 bridgehead atoms. The van der Waals surface area contributed by atoms with E-state index in [2.05, 4.69) is 4.65 Å². The van der Waals surface area contributed by atoms with Crippen molar-refractivity contribution in [2.24, 2.45) is 0 Å². The van der Waals surface area contributed by atoms with Gasteiger partial charge < -0.3 is 19.4 Å². The van der Waals surface area contributed by atoms with Crippen LogP contribution in [0.3, 0.4) is 0 Å². The molecule has 0 heterocycles. The van der Waals surface area contributed by atoms with E-state index in [1.165, 1.54) is 0 Å². The third-order valence-corrected chi connectivity index (χ3v) is 1.42. The monoisotopic (exact) mass is 196 g/mol. The fourth-order valence-electron chi connectivity index (χ4n) is 1.01. The maximum atomic E-state index is 8.57. The van der Waals surface area contributed by atoms with Crippen LogP contribution in [0, 0.1) is 0 Å². The first-order chi connectivity index (χ1) is 6.58. The zero-order valence-electron chi connectivity index (χ0n) is 8.18. The van der Waals surface area contributed by atoms with Crippen LogP contribution < -0.4 is 9.39 Å². The number of ether oxygens (including phenoxy) is 1. The van der Waals surface area contributed by atoms with Crippen LogP contribution in [-0.2, 0) is 0 Å². The van der Waals surface area contributed by atoms with Gasteiger partial charge in [-0.25, -0.2) is 0 Å². The lowest BCUT2D eigenvalue weighted by Crippen LogP contribution is -2.20. The van der Waals surface area contributed by atoms with Crippen LogP contribution in [-0.4, -0.2) is 23.5 Å². The Morgan fingerprint density at radius 2 is 1.86 bits per heavy atom. The topological polar surface area (TPSA) is 58.9 Å². The normalized spacial score (nSPS) is 10.1. The quantitative estimate of drug-likeness (QED) is 0.700. The molecule has 0 aromatic heterocycles. The highest BCUT2D eigenvalue weighted by atomic mass is 16.6. The van der Waals surface area contributed by atoms with Gasteiger partial charge in [0.1, 0.15) is 11.5 Å². The predicted octanol–water partition coefficient (Wildman–Crippen LogP) is 0.822. The molecule has 0 amide bonds. The molecule has 0 radical (unpaired) electrons. The van der Waals surface area contributed by atoms with Gasteiger partial charge in [-0.2, -0.15) is 0 Å². The predicted molar refractivity (Wildman–Crippen MR) is 53.0 cm³/mol. The second-order valence-corrected chi connectivity index (χ2v) is 3.09. The molecule has 5 heteroatoms. The molecular weight excluding hydrogens is 183 g/mol. The number of benzene rings is 1. The van der Waals surface area contributed by atoms with Gasteiger partial charge in [0.15, 0.2) is 0 Å². The lowest BCUT2D eigenvalue weighted by molar-refractivity contribution is 0.240. The Morgan fingerprint density at radius 3 is 2.43 bits per heavy atom. The lowest BCUT2D eigenvalue weighted by Gasteiger charge is -2.11. The summed E-state index contributed by atoms with van der Waals surface area (Å²) in [5, 5.41) is 17.1. The summed E-state index contributed by atoms with van der Waals surface area (Å²) in [5.41, 5.74) is 0. The summed E-state index contributed by atoms with van der Waals surface area (Å²) in [6.07, 6.45) is 0.0734. The van der Waals surface area contributed by atoms with Crippen LogP contribution in [0.5, 0.6) is 11.5 Å². The molecule has 1 aromatic rings. The highest BCUT2D eigenvalue weighted by Crippen LogP contribution is 2.20. The average molecular weight is 196 g/mol. The minimum absolute atomic E-state index is 0.0734. The largest absolute Gasteiger partial charge is 0.707 e. The van der Waals surface area contributed by atoms with Gasteiger partial charge in [-0.05, 0) is 26.0 Å². The Balaban J connectivity index is 2.68. The third-order valence-electron chi connectivity index (χ3n) is 1.42. The molecule has 1 rings (SSSR count). The lowest BCUT2D eigenvalue weighted by atomic mass is 10.2. The van der Waals surface area contributed by atoms with Crippen LogP contribution >= 0.6 is 0 Å². The molecule has 14 heavy (non-hydrogen) atoms. The zero-order valence-corrected chi connectivity index (χ0v) is 8.18. The van der Waals surface area contributed by atoms with Gasteiger partial charge >= 0.3 is 7.32 Å². The summed E-state index contributed by atoms with van der Waals surface area (Å²) in [6.45, 7) is 3.82. The van der Waals surface area contributed by atoms with Gasteiger partial charge in [0.25, 0.3) is 0 Å². The van der Waals surface area contributed by atoms with Crippen molar-refractivity contribution in [3.63, 3.8) is 0 Å². The molecule has 2 N–H and O–H groups in total. The minimum atomic E-state index is -1.80. The first-order valence-corrected chi connectivity index (χ1v) is 4.37. The van der Waals surface area contributed by atoms with Crippen molar-refractivity contribution < 1.29 is 19.4 Å². The van der Waals surface area contributed by atoms with Gasteiger partial charge in [-0.1, -0.05) is 6.07 Å². The molecule has 0 fully saturated rings. The van der Waals surface area contributed by atoms with Crippen LogP contribution in [0.4, 0.5) is 0 Å². The van der Waals surface area contributed by atoms with E-state index in [-0.39, 0.29) is 6.10 Å². The van der Waals surface area contributed by atoms with Crippen LogP contribution in [0.25, 0.3) is 0 Å². The van der Waals surface area contributed by atoms with Crippen molar-refractivity contribution in [1.29, 1.82) is 0 Å². The number of hydrogen-bond donors (Lipinski definition) is 2. The molecule has 0 saturated heterocycles. The third kappa shape index (κ3) is 3.68. The van der Waals surface area contributed by atoms with Gasteiger partial charge in [0, 0.05) is 6.07 Å². The molecule has 1 aromatic carbocycles. The molecule has 0 aliphatic carbocycles. The van der Waals surface area contributed by atoms with Crippen LogP contribution in [0.15, 0.2) is 24.3 Å². The molecular formula is C9H13BO4. The first kappa shape index (κ1) is 10.9. The van der Waals surface area contributed by atoms with E-state index in [1.54, 1.807) is 24.3 Å². The van der Waals surface area contributed by atoms with Crippen molar-refractivity contribution >= 4 is 7.32 Å². The van der Waals surface area contributed by atoms with Crippen molar-refractivity contribution in [3.05, 3.63) is 24.3 Å². The molecule has 0 saturated carbocycles. The van der Waals surface area contributed by atoms with E-state index in [9.17, 15) is 0 Å². The molecule has 0 unspecified atom stereocenters. The van der Waals surface area contributed by atoms with E-state index in [4.69, 9.17) is 14.8 Å². The number of rotatable bonds is 4. The number of hydrogen-bond acceptors (Lipinski definition) is 4. The van der Waals surface area contributed by atoms with Crippen molar-refractivity contribution in [1.82, 2.24) is 0 Å². The summed E-state index contributed by atoms with van der Waals surface area (Å²) in [4.78, 5) is 0. The van der Waals surface area contributed by atoms with E-state index in [0.29, 0.717) is 11.5 Å². The average Bonchev–Trinajstić information content (AvgIpc) is 2.01. The Bertz CT molecular complexity index is 263. The summed E-state index contributed by atoms with van der Waals surface area (Å²) in [6, 6.07) is 6.71. The maximum Gasteiger partial charge on any atom is 0.707 e. The molecule has 0 aliphatic rings. The minimum Gasteiger partial charge on any atom is -0.512 e. The molecule has 4 nitrogen and oxygen atoms in total. The van der Waals surface area contributed by atoms with Gasteiger partial charge in [0.2, 0.25) is 0 Å². The molecule has 0 aliphatic heterocycles. The molecule has 0 atom stereocenters. The highest BCUT2D eigenvalue weighted by Gasteiger charge is 2.11. The van der Waals surface area contributed by atoms with E-state index >= 15 is 0 Å². The Hall–Kier alpha value is -1.20. The van der Waals surface area contributed by atoms with E-state index < -0.39 is 7.32 Å². The Kier molecular flexibility index (Phi) is 3.79. The Morgan fingerprint density at radius 1 is 1.21 bits per heavy atom. The van der Waals surface area contributed by atoms with E-state index in [0.717, 1.165) is 0 Å².